The van der Waals surface area contributed by atoms with Crippen molar-refractivity contribution in [3.8, 4) is 11.5 Å². The molecule has 1 unspecified atom stereocenters. The van der Waals surface area contributed by atoms with Gasteiger partial charge in [0.25, 0.3) is 0 Å². The predicted octanol–water partition coefficient (Wildman–Crippen LogP) is 5.36. The highest BCUT2D eigenvalue weighted by molar-refractivity contribution is 6.31. The minimum atomic E-state index is -1.08. The maximum Gasteiger partial charge on any atom is 0.247 e. The zero-order valence-electron chi connectivity index (χ0n) is 18.7. The van der Waals surface area contributed by atoms with Gasteiger partial charge in [-0.15, -0.1) is 11.6 Å². The second kappa shape index (κ2) is 11.3. The first kappa shape index (κ1) is 24.6. The van der Waals surface area contributed by atoms with Crippen LogP contribution in [0.25, 0.3) is 0 Å². The second-order valence-electron chi connectivity index (χ2n) is 8.61. The van der Waals surface area contributed by atoms with Crippen molar-refractivity contribution < 1.29 is 23.5 Å². The number of hydrogen-bond acceptors (Lipinski definition) is 4. The van der Waals surface area contributed by atoms with Gasteiger partial charge in [-0.25, -0.2) is 4.39 Å². The van der Waals surface area contributed by atoms with Crippen molar-refractivity contribution in [1.29, 1.82) is 0 Å². The van der Waals surface area contributed by atoms with Gasteiger partial charge in [-0.05, 0) is 42.7 Å². The SMILES string of the molecule is O=C(NC1CCCCCC1)C(c1ccc(F)cc1Cl)N(Cc1ccc2c(c1)OCO2)C(=O)CCl. The molecule has 0 bridgehead atoms. The number of nitrogens with zero attached hydrogens (tertiary/aromatic N) is 1. The Bertz CT molecular complexity index is 1040. The standard InChI is InChI=1S/C25H27Cl2FN2O4/c26-13-23(31)30(14-16-7-10-21-22(11-16)34-15-33-21)24(19-9-8-17(28)12-20(19)27)25(32)29-18-5-3-1-2-4-6-18/h7-12,18,24H,1-6,13-15H2,(H,29,32). The number of amides is 2. The van der Waals surface area contributed by atoms with Gasteiger partial charge >= 0.3 is 0 Å². The van der Waals surface area contributed by atoms with Gasteiger partial charge in [0.1, 0.15) is 17.7 Å². The van der Waals surface area contributed by atoms with Crippen molar-refractivity contribution in [1.82, 2.24) is 10.2 Å². The summed E-state index contributed by atoms with van der Waals surface area (Å²) in [6.45, 7) is 0.208. The third-order valence-corrected chi connectivity index (χ3v) is 6.80. The van der Waals surface area contributed by atoms with Crippen molar-refractivity contribution in [2.45, 2.75) is 57.2 Å². The molecule has 1 fully saturated rings. The first-order valence-corrected chi connectivity index (χ1v) is 12.4. The highest BCUT2D eigenvalue weighted by atomic mass is 35.5. The Morgan fingerprint density at radius 1 is 1.06 bits per heavy atom. The minimum absolute atomic E-state index is 0.00946. The molecular formula is C25H27Cl2FN2O4. The Balaban J connectivity index is 1.68. The first-order valence-electron chi connectivity index (χ1n) is 11.5. The molecular weight excluding hydrogens is 482 g/mol. The summed E-state index contributed by atoms with van der Waals surface area (Å²) in [6, 6.07) is 8.08. The summed E-state index contributed by atoms with van der Waals surface area (Å²) in [7, 11) is 0. The van der Waals surface area contributed by atoms with E-state index in [1.807, 2.05) is 0 Å². The number of carbonyl (C=O) groups excluding carboxylic acids is 2. The van der Waals surface area contributed by atoms with Crippen LogP contribution in [0.3, 0.4) is 0 Å². The van der Waals surface area contributed by atoms with E-state index in [-0.39, 0.29) is 36.2 Å². The number of rotatable bonds is 7. The molecule has 1 aliphatic carbocycles. The smallest absolute Gasteiger partial charge is 0.247 e. The van der Waals surface area contributed by atoms with Crippen LogP contribution < -0.4 is 14.8 Å². The van der Waals surface area contributed by atoms with Crippen LogP contribution in [0.2, 0.25) is 5.02 Å². The molecule has 0 saturated heterocycles. The van der Waals surface area contributed by atoms with Crippen molar-refractivity contribution in [3.63, 3.8) is 0 Å². The number of nitrogens with one attached hydrogen (secondary N) is 1. The average molecular weight is 509 g/mol. The molecule has 0 spiro atoms. The van der Waals surface area contributed by atoms with Crippen LogP contribution in [0.5, 0.6) is 11.5 Å². The Kier molecular flexibility index (Phi) is 8.16. The maximum absolute atomic E-state index is 13.8. The number of carbonyl (C=O) groups is 2. The zero-order valence-corrected chi connectivity index (χ0v) is 20.2. The molecule has 1 aliphatic heterocycles. The molecule has 34 heavy (non-hydrogen) atoms. The van der Waals surface area contributed by atoms with E-state index in [9.17, 15) is 14.0 Å². The lowest BCUT2D eigenvalue weighted by Gasteiger charge is -2.33. The molecule has 1 saturated carbocycles. The third-order valence-electron chi connectivity index (χ3n) is 6.24. The zero-order chi connectivity index (χ0) is 24.1. The van der Waals surface area contributed by atoms with Gasteiger partial charge in [-0.3, -0.25) is 9.59 Å². The van der Waals surface area contributed by atoms with Crippen LogP contribution in [-0.2, 0) is 16.1 Å². The Morgan fingerprint density at radius 3 is 2.50 bits per heavy atom. The van der Waals surface area contributed by atoms with Crippen LogP contribution >= 0.6 is 23.2 Å². The number of ether oxygens (including phenoxy) is 2. The summed E-state index contributed by atoms with van der Waals surface area (Å²) in [5.41, 5.74) is 1.07. The van der Waals surface area contributed by atoms with E-state index >= 15 is 0 Å². The molecule has 1 atom stereocenters. The van der Waals surface area contributed by atoms with Crippen molar-refractivity contribution in [2.24, 2.45) is 0 Å². The lowest BCUT2D eigenvalue weighted by Crippen LogP contribution is -2.46. The van der Waals surface area contributed by atoms with Crippen LogP contribution in [0.4, 0.5) is 4.39 Å². The fourth-order valence-corrected chi connectivity index (χ4v) is 4.94. The number of benzene rings is 2. The van der Waals surface area contributed by atoms with Crippen LogP contribution in [0, 0.1) is 5.82 Å². The average Bonchev–Trinajstić information content (AvgIpc) is 3.14. The van der Waals surface area contributed by atoms with E-state index in [1.54, 1.807) is 18.2 Å². The summed E-state index contributed by atoms with van der Waals surface area (Å²) < 4.78 is 24.6. The largest absolute Gasteiger partial charge is 0.454 e. The number of fused-ring (bicyclic) bond motifs is 1. The Hall–Kier alpha value is -2.51. The lowest BCUT2D eigenvalue weighted by atomic mass is 10.0. The van der Waals surface area contributed by atoms with Crippen molar-refractivity contribution >= 4 is 35.0 Å². The molecule has 0 aromatic heterocycles. The van der Waals surface area contributed by atoms with E-state index < -0.39 is 17.8 Å². The normalized spacial score (nSPS) is 16.6. The molecule has 1 N–H and O–H groups in total. The maximum atomic E-state index is 13.8. The third kappa shape index (κ3) is 5.76. The first-order chi connectivity index (χ1) is 16.5. The molecule has 2 amide bonds. The van der Waals surface area contributed by atoms with Gasteiger partial charge in [0.2, 0.25) is 18.6 Å². The van der Waals surface area contributed by atoms with Gasteiger partial charge < -0.3 is 19.7 Å². The van der Waals surface area contributed by atoms with E-state index in [2.05, 4.69) is 5.32 Å². The van der Waals surface area contributed by atoms with Crippen molar-refractivity contribution in [3.05, 3.63) is 58.4 Å². The fraction of sp³-hybridized carbons (Fsp3) is 0.440. The molecule has 2 aromatic carbocycles. The van der Waals surface area contributed by atoms with E-state index in [1.165, 1.54) is 17.0 Å². The minimum Gasteiger partial charge on any atom is -0.454 e. The number of hydrogen-bond donors (Lipinski definition) is 1. The quantitative estimate of drug-likeness (QED) is 0.404. The van der Waals surface area contributed by atoms with Gasteiger partial charge in [0.05, 0.1) is 0 Å². The summed E-state index contributed by atoms with van der Waals surface area (Å²) in [6.07, 6.45) is 6.10. The fourth-order valence-electron chi connectivity index (χ4n) is 4.51. The number of alkyl halides is 1. The topological polar surface area (TPSA) is 67.9 Å². The van der Waals surface area contributed by atoms with Gasteiger partial charge in [-0.1, -0.05) is 49.4 Å². The Morgan fingerprint density at radius 2 is 1.79 bits per heavy atom. The van der Waals surface area contributed by atoms with Crippen LogP contribution in [0.1, 0.15) is 55.7 Å². The highest BCUT2D eigenvalue weighted by Crippen LogP contribution is 2.35. The summed E-state index contributed by atoms with van der Waals surface area (Å²) >= 11 is 12.3. The molecule has 1 heterocycles. The van der Waals surface area contributed by atoms with Gasteiger partial charge in [0, 0.05) is 23.2 Å². The molecule has 2 aliphatic rings. The molecule has 6 nitrogen and oxygen atoms in total. The summed E-state index contributed by atoms with van der Waals surface area (Å²) in [5.74, 6) is -0.474. The van der Waals surface area contributed by atoms with Crippen LogP contribution in [0.15, 0.2) is 36.4 Å². The molecule has 182 valence electrons. The van der Waals surface area contributed by atoms with Gasteiger partial charge in [0.15, 0.2) is 11.5 Å². The van der Waals surface area contributed by atoms with E-state index in [0.717, 1.165) is 50.2 Å². The van der Waals surface area contributed by atoms with E-state index in [0.29, 0.717) is 17.1 Å². The van der Waals surface area contributed by atoms with Crippen molar-refractivity contribution in [2.75, 3.05) is 12.7 Å². The van der Waals surface area contributed by atoms with Gasteiger partial charge in [-0.2, -0.15) is 0 Å². The molecule has 0 radical (unpaired) electrons. The summed E-state index contributed by atoms with van der Waals surface area (Å²) in [4.78, 5) is 28.1. The summed E-state index contributed by atoms with van der Waals surface area (Å²) in [5, 5.41) is 3.18. The second-order valence-corrected chi connectivity index (χ2v) is 9.28. The predicted molar refractivity (Wildman–Crippen MR) is 128 cm³/mol. The monoisotopic (exact) mass is 508 g/mol. The molecule has 9 heteroatoms. The molecule has 2 aromatic rings. The molecule has 4 rings (SSSR count). The van der Waals surface area contributed by atoms with E-state index in [4.69, 9.17) is 32.7 Å². The number of halogens is 3. The lowest BCUT2D eigenvalue weighted by molar-refractivity contribution is -0.140. The highest BCUT2D eigenvalue weighted by Gasteiger charge is 2.34. The Labute approximate surface area is 208 Å². The van der Waals surface area contributed by atoms with Crippen LogP contribution in [-0.4, -0.2) is 35.4 Å².